The van der Waals surface area contributed by atoms with Crippen LogP contribution in [0.3, 0.4) is 0 Å². The molecule has 0 aliphatic carbocycles. The van der Waals surface area contributed by atoms with Crippen LogP contribution >= 0.6 is 0 Å². The van der Waals surface area contributed by atoms with E-state index in [2.05, 4.69) is 48.4 Å². The van der Waals surface area contributed by atoms with E-state index in [-0.39, 0.29) is 0 Å². The molecule has 0 atom stereocenters. The topological polar surface area (TPSA) is 57.9 Å². The molecule has 0 saturated carbocycles. The van der Waals surface area contributed by atoms with Gasteiger partial charge in [0.25, 0.3) is 0 Å². The van der Waals surface area contributed by atoms with Crippen LogP contribution in [0.5, 0.6) is 5.75 Å². The molecule has 0 unspecified atom stereocenters. The Balaban J connectivity index is 2.19. The van der Waals surface area contributed by atoms with Crippen molar-refractivity contribution in [1.82, 2.24) is 4.98 Å². The fraction of sp³-hybridized carbons (Fsp3) is 0.158. The monoisotopic (exact) mass is 303 g/mol. The van der Waals surface area contributed by atoms with Crippen LogP contribution in [0.4, 0.5) is 11.4 Å². The van der Waals surface area contributed by atoms with Gasteiger partial charge >= 0.3 is 0 Å². The number of pyridine rings is 1. The van der Waals surface area contributed by atoms with Crippen LogP contribution < -0.4 is 10.1 Å². The van der Waals surface area contributed by atoms with Crippen molar-refractivity contribution in [1.29, 1.82) is 5.26 Å². The van der Waals surface area contributed by atoms with Gasteiger partial charge in [-0.05, 0) is 55.3 Å². The maximum atomic E-state index is 9.43. The molecule has 1 heterocycles. The zero-order chi connectivity index (χ0) is 16.4. The van der Waals surface area contributed by atoms with Crippen LogP contribution in [-0.4, -0.2) is 12.1 Å². The Morgan fingerprint density at radius 3 is 2.48 bits per heavy atom. The second-order valence-corrected chi connectivity index (χ2v) is 5.54. The first-order chi connectivity index (χ1) is 11.1. The number of benzene rings is 2. The van der Waals surface area contributed by atoms with Gasteiger partial charge in [0.1, 0.15) is 11.8 Å². The largest absolute Gasteiger partial charge is 0.497 e. The standard InChI is InChI=1S/C19H17N3O/c1-12-6-13(2)8-15(7-12)22-19-14(10-20)11-21-18-5-4-16(23-3)9-17(18)19/h4-9,11H,1-3H3,(H,21,22). The van der Waals surface area contributed by atoms with Gasteiger partial charge in [0.2, 0.25) is 0 Å². The molecule has 2 aromatic carbocycles. The Kier molecular flexibility index (Phi) is 3.86. The summed E-state index contributed by atoms with van der Waals surface area (Å²) in [6, 6.07) is 14.1. The second kappa shape index (κ2) is 5.98. The van der Waals surface area contributed by atoms with E-state index in [1.54, 1.807) is 13.3 Å². The molecule has 1 aromatic heterocycles. The maximum absolute atomic E-state index is 9.43. The molecule has 4 heteroatoms. The summed E-state index contributed by atoms with van der Waals surface area (Å²) in [5, 5.41) is 13.7. The van der Waals surface area contributed by atoms with Crippen molar-refractivity contribution in [2.24, 2.45) is 0 Å². The van der Waals surface area contributed by atoms with Crippen LogP contribution in [0.1, 0.15) is 16.7 Å². The number of methoxy groups -OCH3 is 1. The predicted octanol–water partition coefficient (Wildman–Crippen LogP) is 4.48. The Morgan fingerprint density at radius 2 is 1.83 bits per heavy atom. The van der Waals surface area contributed by atoms with E-state index >= 15 is 0 Å². The third-order valence-electron chi connectivity index (χ3n) is 3.69. The van der Waals surface area contributed by atoms with Crippen LogP contribution in [0.25, 0.3) is 10.9 Å². The summed E-state index contributed by atoms with van der Waals surface area (Å²) in [4.78, 5) is 4.35. The van der Waals surface area contributed by atoms with E-state index in [0.29, 0.717) is 5.56 Å². The minimum absolute atomic E-state index is 0.505. The molecule has 4 nitrogen and oxygen atoms in total. The van der Waals surface area contributed by atoms with E-state index in [0.717, 1.165) is 28.0 Å². The number of nitrogens with zero attached hydrogens (tertiary/aromatic N) is 2. The Bertz CT molecular complexity index is 906. The quantitative estimate of drug-likeness (QED) is 0.775. The SMILES string of the molecule is COc1ccc2ncc(C#N)c(Nc3cc(C)cc(C)c3)c2c1. The lowest BCUT2D eigenvalue weighted by atomic mass is 10.1. The number of fused-ring (bicyclic) bond motifs is 1. The smallest absolute Gasteiger partial charge is 0.119 e. The van der Waals surface area contributed by atoms with Crippen LogP contribution in [0, 0.1) is 25.2 Å². The van der Waals surface area contributed by atoms with Crippen LogP contribution in [0.2, 0.25) is 0 Å². The van der Waals surface area contributed by atoms with Gasteiger partial charge in [-0.3, -0.25) is 4.98 Å². The average molecular weight is 303 g/mol. The van der Waals surface area contributed by atoms with E-state index in [4.69, 9.17) is 4.74 Å². The van der Waals surface area contributed by atoms with Crippen LogP contribution in [-0.2, 0) is 0 Å². The lowest BCUT2D eigenvalue weighted by Gasteiger charge is -2.13. The number of nitrogens with one attached hydrogen (secondary N) is 1. The summed E-state index contributed by atoms with van der Waals surface area (Å²) in [6.45, 7) is 4.11. The van der Waals surface area contributed by atoms with E-state index in [1.165, 1.54) is 11.1 Å². The van der Waals surface area contributed by atoms with Crippen molar-refractivity contribution in [2.45, 2.75) is 13.8 Å². The molecule has 0 amide bonds. The summed E-state index contributed by atoms with van der Waals surface area (Å²) in [6.07, 6.45) is 1.60. The molecule has 0 spiro atoms. The van der Waals surface area contributed by atoms with Crippen molar-refractivity contribution in [3.63, 3.8) is 0 Å². The van der Waals surface area contributed by atoms with E-state index in [9.17, 15) is 5.26 Å². The van der Waals surface area contributed by atoms with Crippen molar-refractivity contribution in [3.8, 4) is 11.8 Å². The van der Waals surface area contributed by atoms with Gasteiger partial charge in [0.15, 0.2) is 0 Å². The molecular formula is C19H17N3O. The van der Waals surface area contributed by atoms with Crippen molar-refractivity contribution in [3.05, 3.63) is 59.3 Å². The molecule has 0 radical (unpaired) electrons. The number of anilines is 2. The summed E-state index contributed by atoms with van der Waals surface area (Å²) >= 11 is 0. The van der Waals surface area contributed by atoms with Gasteiger partial charge in [-0.15, -0.1) is 0 Å². The minimum Gasteiger partial charge on any atom is -0.497 e. The molecule has 3 rings (SSSR count). The summed E-state index contributed by atoms with van der Waals surface area (Å²) in [5.41, 5.74) is 5.36. The summed E-state index contributed by atoms with van der Waals surface area (Å²) in [5.74, 6) is 0.734. The fourth-order valence-electron chi connectivity index (χ4n) is 2.71. The van der Waals surface area contributed by atoms with Gasteiger partial charge < -0.3 is 10.1 Å². The molecule has 23 heavy (non-hydrogen) atoms. The number of rotatable bonds is 3. The summed E-state index contributed by atoms with van der Waals surface area (Å²) < 4.78 is 5.30. The van der Waals surface area contributed by atoms with Crippen molar-refractivity contribution < 1.29 is 4.74 Å². The molecular weight excluding hydrogens is 286 g/mol. The molecule has 0 saturated heterocycles. The normalized spacial score (nSPS) is 10.3. The Labute approximate surface area is 135 Å². The first-order valence-corrected chi connectivity index (χ1v) is 7.33. The number of aromatic nitrogens is 1. The van der Waals surface area contributed by atoms with E-state index in [1.807, 2.05) is 18.2 Å². The Hall–Kier alpha value is -3.06. The predicted molar refractivity (Wildman–Crippen MR) is 92.2 cm³/mol. The maximum Gasteiger partial charge on any atom is 0.119 e. The molecule has 0 aliphatic rings. The Morgan fingerprint density at radius 1 is 1.09 bits per heavy atom. The molecule has 0 bridgehead atoms. The van der Waals surface area contributed by atoms with E-state index < -0.39 is 0 Å². The highest BCUT2D eigenvalue weighted by atomic mass is 16.5. The zero-order valence-electron chi connectivity index (χ0n) is 13.3. The molecule has 0 aliphatic heterocycles. The first-order valence-electron chi connectivity index (χ1n) is 7.33. The minimum atomic E-state index is 0.505. The lowest BCUT2D eigenvalue weighted by molar-refractivity contribution is 0.415. The highest BCUT2D eigenvalue weighted by Gasteiger charge is 2.11. The highest BCUT2D eigenvalue weighted by Crippen LogP contribution is 2.31. The third-order valence-corrected chi connectivity index (χ3v) is 3.69. The van der Waals surface area contributed by atoms with Gasteiger partial charge in [-0.25, -0.2) is 0 Å². The van der Waals surface area contributed by atoms with Crippen LogP contribution in [0.15, 0.2) is 42.6 Å². The number of ether oxygens (including phenoxy) is 1. The summed E-state index contributed by atoms with van der Waals surface area (Å²) in [7, 11) is 1.62. The lowest BCUT2D eigenvalue weighted by Crippen LogP contribution is -1.98. The zero-order valence-corrected chi connectivity index (χ0v) is 13.3. The van der Waals surface area contributed by atoms with Crippen molar-refractivity contribution >= 4 is 22.3 Å². The fourth-order valence-corrected chi connectivity index (χ4v) is 2.71. The molecule has 114 valence electrons. The van der Waals surface area contributed by atoms with Crippen molar-refractivity contribution in [2.75, 3.05) is 12.4 Å². The number of hydrogen-bond donors (Lipinski definition) is 1. The second-order valence-electron chi connectivity index (χ2n) is 5.54. The third kappa shape index (κ3) is 2.95. The van der Waals surface area contributed by atoms with Gasteiger partial charge in [0.05, 0.1) is 23.9 Å². The molecule has 0 fully saturated rings. The average Bonchev–Trinajstić information content (AvgIpc) is 2.53. The first kappa shape index (κ1) is 14.9. The molecule has 1 N–H and O–H groups in total. The van der Waals surface area contributed by atoms with Gasteiger partial charge in [-0.2, -0.15) is 5.26 Å². The number of hydrogen-bond acceptors (Lipinski definition) is 4. The number of nitriles is 1. The number of aryl methyl sites for hydroxylation is 2. The van der Waals surface area contributed by atoms with Gasteiger partial charge in [0, 0.05) is 17.3 Å². The highest BCUT2D eigenvalue weighted by molar-refractivity contribution is 5.96. The molecule has 3 aromatic rings. The van der Waals surface area contributed by atoms with Gasteiger partial charge in [-0.1, -0.05) is 6.07 Å².